The molecule has 0 radical (unpaired) electrons. The molecule has 0 aliphatic carbocycles. The van der Waals surface area contributed by atoms with Crippen LogP contribution in [0.5, 0.6) is 0 Å². The standard InChI is InChI=1S/C21H29N5O3/c1-22-19(27)13-23-20(28)15-5-4-10-26(14-15)16-8-11-25(12-9-16)21-24-17-6-2-3-7-18(17)29-21/h2-3,6-7,15-16H,4-5,8-14H2,1H3,(H,22,27)(H,23,28)/t15-/m0/s1. The second-order valence-electron chi connectivity index (χ2n) is 7.91. The second-order valence-corrected chi connectivity index (χ2v) is 7.91. The lowest BCUT2D eigenvalue weighted by molar-refractivity contribution is -0.130. The van der Waals surface area contributed by atoms with E-state index in [0.29, 0.717) is 12.1 Å². The second kappa shape index (κ2) is 8.82. The summed E-state index contributed by atoms with van der Waals surface area (Å²) in [6.07, 6.45) is 3.97. The zero-order chi connectivity index (χ0) is 20.2. The highest BCUT2D eigenvalue weighted by Gasteiger charge is 2.32. The fraction of sp³-hybridized carbons (Fsp3) is 0.571. The van der Waals surface area contributed by atoms with Gasteiger partial charge in [-0.1, -0.05) is 12.1 Å². The molecule has 2 aliphatic rings. The van der Waals surface area contributed by atoms with E-state index in [-0.39, 0.29) is 24.3 Å². The molecule has 1 aromatic carbocycles. The van der Waals surface area contributed by atoms with Gasteiger partial charge in [-0.3, -0.25) is 14.5 Å². The molecule has 1 aromatic heterocycles. The molecule has 2 aromatic rings. The number of piperidine rings is 2. The molecular formula is C21H29N5O3. The van der Waals surface area contributed by atoms with E-state index in [9.17, 15) is 9.59 Å². The van der Waals surface area contributed by atoms with Crippen LogP contribution in [-0.2, 0) is 9.59 Å². The van der Waals surface area contributed by atoms with E-state index in [1.165, 1.54) is 0 Å². The highest BCUT2D eigenvalue weighted by molar-refractivity contribution is 5.85. The molecule has 2 saturated heterocycles. The highest BCUT2D eigenvalue weighted by atomic mass is 16.4. The Hall–Kier alpha value is -2.61. The Kier molecular flexibility index (Phi) is 5.99. The predicted molar refractivity (Wildman–Crippen MR) is 111 cm³/mol. The van der Waals surface area contributed by atoms with Gasteiger partial charge in [0.15, 0.2) is 5.58 Å². The van der Waals surface area contributed by atoms with E-state index in [1.807, 2.05) is 24.3 Å². The number of nitrogens with zero attached hydrogens (tertiary/aromatic N) is 3. The molecule has 8 heteroatoms. The van der Waals surface area contributed by atoms with Gasteiger partial charge in [0.2, 0.25) is 11.8 Å². The van der Waals surface area contributed by atoms with Crippen LogP contribution in [0, 0.1) is 5.92 Å². The summed E-state index contributed by atoms with van der Waals surface area (Å²) in [6.45, 7) is 3.66. The number of likely N-dealkylation sites (tertiary alicyclic amines) is 1. The number of carbonyl (C=O) groups is 2. The Morgan fingerprint density at radius 2 is 1.97 bits per heavy atom. The number of para-hydroxylation sites is 2. The van der Waals surface area contributed by atoms with Gasteiger partial charge in [-0.15, -0.1) is 0 Å². The van der Waals surface area contributed by atoms with Crippen LogP contribution in [0.15, 0.2) is 28.7 Å². The zero-order valence-corrected chi connectivity index (χ0v) is 16.9. The minimum Gasteiger partial charge on any atom is -0.423 e. The van der Waals surface area contributed by atoms with Crippen molar-refractivity contribution in [3.8, 4) is 0 Å². The van der Waals surface area contributed by atoms with Crippen LogP contribution >= 0.6 is 0 Å². The number of hydrogen-bond acceptors (Lipinski definition) is 6. The van der Waals surface area contributed by atoms with Gasteiger partial charge >= 0.3 is 0 Å². The van der Waals surface area contributed by atoms with Crippen molar-refractivity contribution < 1.29 is 14.0 Å². The molecule has 29 heavy (non-hydrogen) atoms. The van der Waals surface area contributed by atoms with E-state index in [1.54, 1.807) is 7.05 Å². The van der Waals surface area contributed by atoms with Crippen LogP contribution in [0.4, 0.5) is 6.01 Å². The number of fused-ring (bicyclic) bond motifs is 1. The summed E-state index contributed by atoms with van der Waals surface area (Å²) in [5.41, 5.74) is 1.72. The maximum absolute atomic E-state index is 12.4. The minimum absolute atomic E-state index is 0.0118. The topological polar surface area (TPSA) is 90.7 Å². The number of amides is 2. The normalized spacial score (nSPS) is 21.3. The molecule has 2 fully saturated rings. The van der Waals surface area contributed by atoms with Gasteiger partial charge in [0.1, 0.15) is 5.52 Å². The van der Waals surface area contributed by atoms with Crippen molar-refractivity contribution in [2.45, 2.75) is 31.7 Å². The van der Waals surface area contributed by atoms with Crippen molar-refractivity contribution in [1.82, 2.24) is 20.5 Å². The summed E-state index contributed by atoms with van der Waals surface area (Å²) in [5, 5.41) is 5.29. The maximum atomic E-state index is 12.4. The molecule has 1 atom stereocenters. The summed E-state index contributed by atoms with van der Waals surface area (Å²) < 4.78 is 5.91. The Morgan fingerprint density at radius 1 is 1.17 bits per heavy atom. The van der Waals surface area contributed by atoms with Gasteiger partial charge in [-0.05, 0) is 44.4 Å². The molecular weight excluding hydrogens is 370 g/mol. The molecule has 0 spiro atoms. The number of rotatable bonds is 5. The van der Waals surface area contributed by atoms with Gasteiger partial charge in [0.25, 0.3) is 6.01 Å². The summed E-state index contributed by atoms with van der Waals surface area (Å²) >= 11 is 0. The quantitative estimate of drug-likeness (QED) is 0.789. The first kappa shape index (κ1) is 19.7. The molecule has 2 amide bonds. The first-order valence-electron chi connectivity index (χ1n) is 10.5. The van der Waals surface area contributed by atoms with Gasteiger partial charge < -0.3 is 20.0 Å². The lowest BCUT2D eigenvalue weighted by Crippen LogP contribution is -2.51. The van der Waals surface area contributed by atoms with E-state index in [2.05, 4.69) is 25.4 Å². The maximum Gasteiger partial charge on any atom is 0.298 e. The summed E-state index contributed by atoms with van der Waals surface area (Å²) in [5.74, 6) is -0.219. The van der Waals surface area contributed by atoms with Crippen molar-refractivity contribution in [1.29, 1.82) is 0 Å². The monoisotopic (exact) mass is 399 g/mol. The fourth-order valence-corrected chi connectivity index (χ4v) is 4.37. The smallest absolute Gasteiger partial charge is 0.298 e. The Labute approximate surface area is 170 Å². The zero-order valence-electron chi connectivity index (χ0n) is 16.9. The van der Waals surface area contributed by atoms with Crippen molar-refractivity contribution in [3.05, 3.63) is 24.3 Å². The third-order valence-electron chi connectivity index (χ3n) is 6.06. The Bertz CT molecular complexity index is 826. The minimum atomic E-state index is -0.169. The third kappa shape index (κ3) is 4.53. The van der Waals surface area contributed by atoms with E-state index in [4.69, 9.17) is 4.42 Å². The average molecular weight is 399 g/mol. The third-order valence-corrected chi connectivity index (χ3v) is 6.06. The number of oxazole rings is 1. The van der Waals surface area contributed by atoms with Crippen LogP contribution < -0.4 is 15.5 Å². The highest BCUT2D eigenvalue weighted by Crippen LogP contribution is 2.28. The molecule has 2 N–H and O–H groups in total. The molecule has 2 aliphatic heterocycles. The van der Waals surface area contributed by atoms with Crippen LogP contribution in [0.25, 0.3) is 11.1 Å². The molecule has 8 nitrogen and oxygen atoms in total. The van der Waals surface area contributed by atoms with Crippen LogP contribution in [0.3, 0.4) is 0 Å². The van der Waals surface area contributed by atoms with Gasteiger partial charge in [0.05, 0.1) is 12.5 Å². The van der Waals surface area contributed by atoms with Crippen LogP contribution in [0.2, 0.25) is 0 Å². The molecule has 4 rings (SSSR count). The largest absolute Gasteiger partial charge is 0.423 e. The van der Waals surface area contributed by atoms with E-state index in [0.717, 1.165) is 63.0 Å². The summed E-state index contributed by atoms with van der Waals surface area (Å²) in [7, 11) is 1.57. The number of likely N-dealkylation sites (N-methyl/N-ethyl adjacent to an activating group) is 1. The predicted octanol–water partition coefficient (Wildman–Crippen LogP) is 1.37. The molecule has 0 unspecified atom stereocenters. The number of benzene rings is 1. The SMILES string of the molecule is CNC(=O)CNC(=O)[C@H]1CCCN(C2CCN(c3nc4ccccc4o3)CC2)C1. The van der Waals surface area contributed by atoms with Gasteiger partial charge in [0, 0.05) is 32.7 Å². The van der Waals surface area contributed by atoms with Crippen molar-refractivity contribution in [2.24, 2.45) is 5.92 Å². The van der Waals surface area contributed by atoms with E-state index < -0.39 is 0 Å². The van der Waals surface area contributed by atoms with E-state index >= 15 is 0 Å². The first-order valence-corrected chi connectivity index (χ1v) is 10.5. The Morgan fingerprint density at radius 3 is 2.72 bits per heavy atom. The molecule has 156 valence electrons. The summed E-state index contributed by atoms with van der Waals surface area (Å²) in [4.78, 5) is 33.1. The van der Waals surface area contributed by atoms with Crippen molar-refractivity contribution in [2.75, 3.05) is 44.7 Å². The number of aromatic nitrogens is 1. The van der Waals surface area contributed by atoms with Gasteiger partial charge in [-0.2, -0.15) is 4.98 Å². The number of anilines is 1. The molecule has 0 saturated carbocycles. The first-order chi connectivity index (χ1) is 14.1. The number of nitrogens with one attached hydrogen (secondary N) is 2. The van der Waals surface area contributed by atoms with Crippen molar-refractivity contribution >= 4 is 28.9 Å². The lowest BCUT2D eigenvalue weighted by Gasteiger charge is -2.41. The fourth-order valence-electron chi connectivity index (χ4n) is 4.37. The van der Waals surface area contributed by atoms with Gasteiger partial charge in [-0.25, -0.2) is 0 Å². The lowest BCUT2D eigenvalue weighted by atomic mass is 9.93. The number of carbonyl (C=O) groups excluding carboxylic acids is 2. The molecule has 0 bridgehead atoms. The average Bonchev–Trinajstić information content (AvgIpc) is 3.21. The van der Waals surface area contributed by atoms with Crippen LogP contribution in [0.1, 0.15) is 25.7 Å². The van der Waals surface area contributed by atoms with Crippen molar-refractivity contribution in [3.63, 3.8) is 0 Å². The number of hydrogen-bond donors (Lipinski definition) is 2. The Balaban J connectivity index is 1.30. The van der Waals surface area contributed by atoms with Crippen LogP contribution in [-0.4, -0.2) is 67.5 Å². The molecule has 3 heterocycles. The summed E-state index contributed by atoms with van der Waals surface area (Å²) in [6, 6.07) is 9.03.